The fourth-order valence-corrected chi connectivity index (χ4v) is 4.69. The van der Waals surface area contributed by atoms with Gasteiger partial charge in [-0.1, -0.05) is 79.0 Å². The molecule has 34 heavy (non-hydrogen) atoms. The highest BCUT2D eigenvalue weighted by Crippen LogP contribution is 2.31. The van der Waals surface area contributed by atoms with Crippen LogP contribution in [0.4, 0.5) is 0 Å². The molecule has 0 bridgehead atoms. The molecule has 0 amide bonds. The first-order chi connectivity index (χ1) is 16.5. The first-order valence-electron chi connectivity index (χ1n) is 12.6. The molecule has 0 atom stereocenters. The summed E-state index contributed by atoms with van der Waals surface area (Å²) in [6.07, 6.45) is 12.0. The Kier molecular flexibility index (Phi) is 10.3. The average Bonchev–Trinajstić information content (AvgIpc) is 2.85. The molecule has 1 aliphatic rings. The molecule has 1 aromatic heterocycles. The van der Waals surface area contributed by atoms with Gasteiger partial charge in [-0.05, 0) is 86.4 Å². The molecule has 0 saturated heterocycles. The summed E-state index contributed by atoms with van der Waals surface area (Å²) < 4.78 is 1.13. The lowest BCUT2D eigenvalue weighted by atomic mass is 9.96. The van der Waals surface area contributed by atoms with Gasteiger partial charge in [-0.2, -0.15) is 0 Å². The molecule has 0 fully saturated rings. The van der Waals surface area contributed by atoms with Crippen LogP contribution in [0.1, 0.15) is 75.1 Å². The van der Waals surface area contributed by atoms with Crippen molar-refractivity contribution in [2.24, 2.45) is 4.99 Å². The smallest absolute Gasteiger partial charge is 0.0733 e. The van der Waals surface area contributed by atoms with Crippen LogP contribution in [0.2, 0.25) is 0 Å². The SMILES string of the molecule is CCCCc1ccccc1-c1ncccc1C.CCCc1ccc(Br)cc1C1=C(C)CCC=N1. The van der Waals surface area contributed by atoms with Crippen LogP contribution in [0, 0.1) is 6.92 Å². The van der Waals surface area contributed by atoms with Crippen LogP contribution >= 0.6 is 15.9 Å². The van der Waals surface area contributed by atoms with Gasteiger partial charge in [-0.3, -0.25) is 9.98 Å². The van der Waals surface area contributed by atoms with Crippen LogP contribution in [0.15, 0.2) is 75.8 Å². The normalized spacial score (nSPS) is 13.0. The number of benzene rings is 2. The third-order valence-electron chi connectivity index (χ3n) is 6.20. The summed E-state index contributed by atoms with van der Waals surface area (Å²) in [5.74, 6) is 0. The van der Waals surface area contributed by atoms with Crippen molar-refractivity contribution >= 4 is 27.8 Å². The first-order valence-corrected chi connectivity index (χ1v) is 13.3. The predicted molar refractivity (Wildman–Crippen MR) is 151 cm³/mol. The minimum Gasteiger partial charge on any atom is -0.261 e. The fourth-order valence-electron chi connectivity index (χ4n) is 4.33. The molecule has 2 heterocycles. The van der Waals surface area contributed by atoms with Gasteiger partial charge in [0, 0.05) is 28.0 Å². The lowest BCUT2D eigenvalue weighted by Gasteiger charge is -2.15. The van der Waals surface area contributed by atoms with Gasteiger partial charge < -0.3 is 0 Å². The number of hydrogen-bond acceptors (Lipinski definition) is 2. The number of pyridine rings is 1. The Labute approximate surface area is 214 Å². The maximum absolute atomic E-state index is 4.60. The quantitative estimate of drug-likeness (QED) is 0.306. The number of aryl methyl sites for hydroxylation is 3. The van der Waals surface area contributed by atoms with E-state index < -0.39 is 0 Å². The molecule has 2 aromatic carbocycles. The molecule has 4 rings (SSSR count). The van der Waals surface area contributed by atoms with Gasteiger partial charge >= 0.3 is 0 Å². The number of halogens is 1. The first kappa shape index (κ1) is 26.1. The third-order valence-corrected chi connectivity index (χ3v) is 6.69. The summed E-state index contributed by atoms with van der Waals surface area (Å²) in [5, 5.41) is 0. The number of allylic oxidation sites excluding steroid dienone is 1. The van der Waals surface area contributed by atoms with E-state index in [0.29, 0.717) is 0 Å². The standard InChI is InChI=1S/C16H19N.C15H18BrN/c1-3-4-9-14-10-5-6-11-15(14)16-13(2)8-7-12-17-16;1-3-5-12-7-8-13(16)10-14(12)15-11(2)6-4-9-17-15/h5-8,10-12H,3-4,9H2,1-2H3;7-10H,3-6H2,1-2H3. The second-order valence-electron chi connectivity index (χ2n) is 8.96. The lowest BCUT2D eigenvalue weighted by Crippen LogP contribution is -1.99. The van der Waals surface area contributed by atoms with Crippen LogP contribution in [0.5, 0.6) is 0 Å². The van der Waals surface area contributed by atoms with Crippen LogP contribution in [-0.2, 0) is 12.8 Å². The van der Waals surface area contributed by atoms with Crippen LogP contribution in [-0.4, -0.2) is 11.2 Å². The van der Waals surface area contributed by atoms with Crippen molar-refractivity contribution in [1.29, 1.82) is 0 Å². The van der Waals surface area contributed by atoms with E-state index in [0.717, 1.165) is 35.8 Å². The van der Waals surface area contributed by atoms with Crippen LogP contribution in [0.3, 0.4) is 0 Å². The highest BCUT2D eigenvalue weighted by atomic mass is 79.9. The van der Waals surface area contributed by atoms with Gasteiger partial charge in [0.25, 0.3) is 0 Å². The Morgan fingerprint density at radius 1 is 0.853 bits per heavy atom. The molecule has 0 saturated carbocycles. The number of nitrogens with zero attached hydrogens (tertiary/aromatic N) is 2. The topological polar surface area (TPSA) is 25.2 Å². The zero-order valence-electron chi connectivity index (χ0n) is 21.1. The van der Waals surface area contributed by atoms with Crippen molar-refractivity contribution in [3.8, 4) is 11.3 Å². The van der Waals surface area contributed by atoms with Crippen molar-refractivity contribution in [1.82, 2.24) is 4.98 Å². The number of unbranched alkanes of at least 4 members (excludes halogenated alkanes) is 1. The summed E-state index contributed by atoms with van der Waals surface area (Å²) >= 11 is 3.56. The minimum absolute atomic E-state index is 1.08. The molecule has 0 radical (unpaired) electrons. The highest BCUT2D eigenvalue weighted by Gasteiger charge is 2.12. The summed E-state index contributed by atoms with van der Waals surface area (Å²) in [5.41, 5.74) is 10.4. The van der Waals surface area contributed by atoms with E-state index in [1.807, 2.05) is 18.5 Å². The van der Waals surface area contributed by atoms with Crippen molar-refractivity contribution in [2.75, 3.05) is 0 Å². The van der Waals surface area contributed by atoms with Crippen molar-refractivity contribution in [2.45, 2.75) is 72.6 Å². The zero-order valence-corrected chi connectivity index (χ0v) is 22.7. The van der Waals surface area contributed by atoms with E-state index in [9.17, 15) is 0 Å². The van der Waals surface area contributed by atoms with E-state index in [4.69, 9.17) is 0 Å². The average molecular weight is 518 g/mol. The van der Waals surface area contributed by atoms with Crippen molar-refractivity contribution in [3.63, 3.8) is 0 Å². The number of aromatic nitrogens is 1. The minimum atomic E-state index is 1.08. The molecule has 0 aliphatic carbocycles. The highest BCUT2D eigenvalue weighted by molar-refractivity contribution is 9.10. The van der Waals surface area contributed by atoms with E-state index in [-0.39, 0.29) is 0 Å². The Hall–Kier alpha value is -2.52. The van der Waals surface area contributed by atoms with Gasteiger partial charge in [-0.25, -0.2) is 0 Å². The zero-order chi connectivity index (χ0) is 24.3. The molecule has 0 N–H and O–H groups in total. The maximum Gasteiger partial charge on any atom is 0.0733 e. The van der Waals surface area contributed by atoms with Crippen molar-refractivity contribution < 1.29 is 0 Å². The van der Waals surface area contributed by atoms with Gasteiger partial charge in [0.2, 0.25) is 0 Å². The van der Waals surface area contributed by atoms with E-state index >= 15 is 0 Å². The summed E-state index contributed by atoms with van der Waals surface area (Å²) in [6, 6.07) is 19.3. The second kappa shape index (κ2) is 13.4. The Morgan fingerprint density at radius 2 is 1.65 bits per heavy atom. The maximum atomic E-state index is 4.60. The summed E-state index contributed by atoms with van der Waals surface area (Å²) in [7, 11) is 0. The third kappa shape index (κ3) is 6.99. The predicted octanol–water partition coefficient (Wildman–Crippen LogP) is 9.40. The number of rotatable bonds is 7. The van der Waals surface area contributed by atoms with Gasteiger partial charge in [0.15, 0.2) is 0 Å². The molecule has 178 valence electrons. The van der Waals surface area contributed by atoms with Gasteiger partial charge in [0.1, 0.15) is 0 Å². The number of hydrogen-bond donors (Lipinski definition) is 0. The largest absolute Gasteiger partial charge is 0.261 e. The van der Waals surface area contributed by atoms with Gasteiger partial charge in [0.05, 0.1) is 11.4 Å². The molecule has 3 aromatic rings. The van der Waals surface area contributed by atoms with Gasteiger partial charge in [-0.15, -0.1) is 0 Å². The van der Waals surface area contributed by atoms with E-state index in [1.165, 1.54) is 58.3 Å². The number of aliphatic imine (C=N–C) groups is 1. The Morgan fingerprint density at radius 3 is 2.38 bits per heavy atom. The molecule has 1 aliphatic heterocycles. The molecular formula is C31H37BrN2. The second-order valence-corrected chi connectivity index (χ2v) is 9.88. The fraction of sp³-hybridized carbons (Fsp3) is 0.355. The van der Waals surface area contributed by atoms with Crippen LogP contribution in [0.25, 0.3) is 17.0 Å². The monoisotopic (exact) mass is 516 g/mol. The summed E-state index contributed by atoms with van der Waals surface area (Å²) in [4.78, 5) is 9.12. The molecule has 2 nitrogen and oxygen atoms in total. The Balaban J connectivity index is 0.000000191. The van der Waals surface area contributed by atoms with E-state index in [2.05, 4.69) is 102 Å². The molecule has 3 heteroatoms. The van der Waals surface area contributed by atoms with Crippen LogP contribution < -0.4 is 0 Å². The molecular weight excluding hydrogens is 480 g/mol. The van der Waals surface area contributed by atoms with Crippen molar-refractivity contribution in [3.05, 3.63) is 93.1 Å². The molecule has 0 spiro atoms. The molecule has 0 unspecified atom stereocenters. The van der Waals surface area contributed by atoms with E-state index in [1.54, 1.807) is 0 Å². The lowest BCUT2D eigenvalue weighted by molar-refractivity contribution is 0.796. The summed E-state index contributed by atoms with van der Waals surface area (Å²) in [6.45, 7) is 8.77. The Bertz CT molecular complexity index is 1140.